The van der Waals surface area contributed by atoms with Crippen molar-refractivity contribution in [1.29, 1.82) is 0 Å². The monoisotopic (exact) mass is 1370 g/mol. The van der Waals surface area contributed by atoms with Crippen LogP contribution in [0.4, 0.5) is 0 Å². The van der Waals surface area contributed by atoms with Crippen LogP contribution in [-0.4, -0.2) is 106 Å². The first-order valence-electron chi connectivity index (χ1n) is 41.3. The molecule has 0 radical (unpaired) electrons. The Morgan fingerprint density at radius 2 is 1.76 bits per heavy atom. The van der Waals surface area contributed by atoms with E-state index in [0.29, 0.717) is 79.9 Å². The van der Waals surface area contributed by atoms with Crippen molar-refractivity contribution in [2.75, 3.05) is 26.4 Å². The van der Waals surface area contributed by atoms with Crippen LogP contribution in [-0.2, 0) is 58.2 Å². The molecule has 33 atom stereocenters. The van der Waals surface area contributed by atoms with E-state index in [0.717, 1.165) is 114 Å². The fourth-order valence-corrected chi connectivity index (χ4v) is 35.5. The summed E-state index contributed by atoms with van der Waals surface area (Å²) in [5, 5.41) is 43.3. The summed E-state index contributed by atoms with van der Waals surface area (Å²) in [6.45, 7) is 3.85. The maximum Gasteiger partial charge on any atom is 0.339 e. The van der Waals surface area contributed by atoms with Crippen molar-refractivity contribution in [3.05, 3.63) is 131 Å². The number of hydrogen-bond acceptors (Lipinski definition) is 13. The Labute approximate surface area is 598 Å². The van der Waals surface area contributed by atoms with E-state index in [4.69, 9.17) is 18.6 Å². The molecule has 7 aliphatic heterocycles. The molecule has 102 heavy (non-hydrogen) atoms. The fourth-order valence-electron chi connectivity index (χ4n) is 35.5. The third kappa shape index (κ3) is 6.05. The van der Waals surface area contributed by atoms with Crippen molar-refractivity contribution in [2.24, 2.45) is 150 Å². The molecule has 10 saturated carbocycles. The fraction of sp³-hybridized carbons (Fsp3) is 0.697. The van der Waals surface area contributed by atoms with Gasteiger partial charge in [0.05, 0.1) is 48.5 Å². The minimum atomic E-state index is -1.61. The highest BCUT2D eigenvalue weighted by Crippen LogP contribution is 2.97. The molecule has 1 aromatic heterocycles. The predicted octanol–water partition coefficient (Wildman–Crippen LogP) is 11.8. The lowest BCUT2D eigenvalue weighted by molar-refractivity contribution is -0.326. The van der Waals surface area contributed by atoms with Gasteiger partial charge in [-0.15, -0.1) is 0 Å². The SMILES string of the molecule is C[C@]12C[C@H]3C[C@@]45[C@H]6CC7=C[C@H]8[C@@]9%10C=C[C@H]%11CCC[C@H]%11[C@@H]9CC=C9C=C[C@H](C[C@H]9%10)[C@]89O[C@@]78[C@@]7(COC(=O)[C@]84C=C[C@H](C6)C54CCCC4)[C@@H]9C(=O)[C@@H](O)[C@]4([C@@H]5C[C@@H](Cc6ccccc6)CC[C@@H]5C#C[C@@H]5CCc6coc(C[C@@H]([C@H]8CC[C@H]9[C@H](C=CN%10CNC[C@H]9%10)C8)[C@H](O)CO)c6[C@@]51OC(=O)[C@H]1O[C@@]142)[C@H]37. The van der Waals surface area contributed by atoms with Crippen LogP contribution in [0.5, 0.6) is 0 Å². The van der Waals surface area contributed by atoms with E-state index < -0.39 is 97.4 Å². The molecular formula is C89H100N2O11. The van der Waals surface area contributed by atoms with E-state index in [1.807, 2.05) is 6.26 Å². The lowest BCUT2D eigenvalue weighted by Crippen LogP contribution is -2.85. The number of aliphatic hydroxyl groups is 3. The molecule has 15 fully saturated rings. The second-order valence-corrected chi connectivity index (χ2v) is 39.2. The molecule has 2 aromatic rings. The van der Waals surface area contributed by atoms with Gasteiger partial charge < -0.3 is 43.6 Å². The summed E-state index contributed by atoms with van der Waals surface area (Å²) in [6, 6.07) is 11.4. The highest BCUT2D eigenvalue weighted by molar-refractivity contribution is 5.96. The maximum absolute atomic E-state index is 19.0. The van der Waals surface area contributed by atoms with Crippen molar-refractivity contribution in [3.8, 4) is 11.8 Å². The molecule has 16 aliphatic carbocycles. The summed E-state index contributed by atoms with van der Waals surface area (Å²) in [4.78, 5) is 55.8. The lowest BCUT2D eigenvalue weighted by atomic mass is 9.27. The van der Waals surface area contributed by atoms with Crippen molar-refractivity contribution < 1.29 is 53.1 Å². The molecule has 23 aliphatic rings. The Morgan fingerprint density at radius 3 is 2.65 bits per heavy atom. The Hall–Kier alpha value is -5.33. The number of aliphatic hydroxyl groups excluding tert-OH is 3. The molecule has 13 heteroatoms. The van der Waals surface area contributed by atoms with Gasteiger partial charge in [-0.05, 0) is 239 Å². The first-order chi connectivity index (χ1) is 49.7. The number of carbonyl (C=O) groups excluding carboxylic acids is 3. The van der Waals surface area contributed by atoms with Crippen LogP contribution in [0.1, 0.15) is 158 Å². The van der Waals surface area contributed by atoms with E-state index in [1.165, 1.54) is 36.0 Å². The van der Waals surface area contributed by atoms with Crippen LogP contribution < -0.4 is 5.32 Å². The number of benzene rings is 1. The molecule has 25 rings (SSSR count). The number of furan rings is 1. The number of fused-ring (bicyclic) bond motifs is 8. The van der Waals surface area contributed by atoms with Gasteiger partial charge in [-0.1, -0.05) is 123 Å². The van der Waals surface area contributed by atoms with E-state index in [9.17, 15) is 14.9 Å². The zero-order valence-electron chi connectivity index (χ0n) is 59.2. The zero-order valence-corrected chi connectivity index (χ0v) is 59.2. The third-order valence-electron chi connectivity index (χ3n) is 37.7. The van der Waals surface area contributed by atoms with Crippen molar-refractivity contribution in [2.45, 2.75) is 201 Å². The number of aryl methyl sites for hydroxylation is 1. The number of epoxide rings is 1. The molecule has 13 nitrogen and oxygen atoms in total. The molecule has 0 amide bonds. The summed E-state index contributed by atoms with van der Waals surface area (Å²) in [5.41, 5.74) is -6.16. The normalized spacial score (nSPS) is 55.4. The molecule has 10 spiro atoms. The van der Waals surface area contributed by atoms with E-state index >= 15 is 19.5 Å². The van der Waals surface area contributed by atoms with Gasteiger partial charge in [0.25, 0.3) is 0 Å². The van der Waals surface area contributed by atoms with Crippen LogP contribution >= 0.6 is 0 Å². The van der Waals surface area contributed by atoms with Gasteiger partial charge >= 0.3 is 11.9 Å². The molecule has 5 saturated heterocycles. The van der Waals surface area contributed by atoms with Crippen molar-refractivity contribution >= 4 is 17.7 Å². The number of carbonyl (C=O) groups is 3. The summed E-state index contributed by atoms with van der Waals surface area (Å²) >= 11 is 0. The number of allylic oxidation sites excluding steroid dienone is 7. The number of hydrogen-bond donors (Lipinski definition) is 4. The zero-order chi connectivity index (χ0) is 67.6. The van der Waals surface area contributed by atoms with E-state index in [1.54, 1.807) is 0 Å². The third-order valence-corrected chi connectivity index (χ3v) is 37.7. The topological polar surface area (TPSA) is 181 Å². The number of esters is 2. The Kier molecular flexibility index (Phi) is 11.5. The molecule has 8 heterocycles. The molecule has 12 bridgehead atoms. The van der Waals surface area contributed by atoms with Crippen LogP contribution in [0.15, 0.2) is 113 Å². The van der Waals surface area contributed by atoms with Crippen LogP contribution in [0, 0.1) is 162 Å². The smallest absolute Gasteiger partial charge is 0.339 e. The largest absolute Gasteiger partial charge is 0.469 e. The molecule has 532 valence electrons. The number of ether oxygens (including phenoxy) is 4. The summed E-state index contributed by atoms with van der Waals surface area (Å²) in [6.07, 6.45) is 43.8. The first-order valence-corrected chi connectivity index (χ1v) is 41.3. The Balaban J connectivity index is 0.761. The summed E-state index contributed by atoms with van der Waals surface area (Å²) in [5.74, 6) is 7.63. The lowest BCUT2D eigenvalue weighted by Gasteiger charge is -2.75. The highest BCUT2D eigenvalue weighted by Gasteiger charge is 3.04. The van der Waals surface area contributed by atoms with E-state index in [2.05, 4.69) is 120 Å². The van der Waals surface area contributed by atoms with Gasteiger partial charge in [-0.25, -0.2) is 4.79 Å². The van der Waals surface area contributed by atoms with Gasteiger partial charge in [-0.2, -0.15) is 0 Å². The summed E-state index contributed by atoms with van der Waals surface area (Å²) < 4.78 is 40.3. The molecule has 1 aromatic carbocycles. The maximum atomic E-state index is 19.0. The predicted molar refractivity (Wildman–Crippen MR) is 374 cm³/mol. The van der Waals surface area contributed by atoms with Crippen LogP contribution in [0.2, 0.25) is 0 Å². The van der Waals surface area contributed by atoms with Crippen molar-refractivity contribution in [3.63, 3.8) is 0 Å². The van der Waals surface area contributed by atoms with Crippen molar-refractivity contribution in [1.82, 2.24) is 10.2 Å². The second kappa shape index (κ2) is 19.3. The van der Waals surface area contributed by atoms with Crippen LogP contribution in [0.25, 0.3) is 0 Å². The van der Waals surface area contributed by atoms with Crippen LogP contribution in [0.3, 0.4) is 0 Å². The minimum absolute atomic E-state index is 0.00355. The number of nitrogens with one attached hydrogen (secondary N) is 1. The Morgan fingerprint density at radius 1 is 0.873 bits per heavy atom. The van der Waals surface area contributed by atoms with Gasteiger partial charge in [0.1, 0.15) is 35.1 Å². The number of cyclic esters (lactones) is 1. The molecule has 0 unspecified atom stereocenters. The number of nitrogens with zero attached hydrogens (tertiary/aromatic N) is 1. The molecule has 4 N–H and O–H groups in total. The standard InChI is InChI=1S/C89H100N2O11/c1-79-40-55-41-84-59-35-57(80(84)27-5-6-28-80)25-30-83(84)78(97)99-45-82-73(55)85(75(95)72(94)74(82)86-58-21-15-50-18-23-64-61-11-7-10-49(61)24-29-81(64,65(50)37-58)70(86)38-60(36-59)88(82,83)102-86)66-33-48(32-47-8-3-2-4-9-47)12-13-51(66)14-19-56-20-16-54-44-98-69(71(54)87(56,79)101-77(96)76-89(79,85)100-76)39-63(68(93)43-92)52-17-22-62-53(34-52)26-31-91-46-90-42-67(62)91/h2-4,8-9,15,18,21,24-26,29-31,38,44,48-49,51-53,55-59,61-68,70,73-76,90,92-93,95H,5-7,10-13,16-17,20,22-23,27-28,32-37,39-43,45-46H2,1H3/t48-,49-,51-,52+,53-,55+,56-,57-,58-,59-,61-,62+,63+,64+,65-,66-,67-,68-,70+,73-,74+,75-,76-,79+,81+,82-,83+,84+,85+,86+,87+,88-,89-/m1/s1. The first kappa shape index (κ1) is 60.8. The highest BCUT2D eigenvalue weighted by atomic mass is 16.7. The molecular weight excluding hydrogens is 1270 g/mol. The van der Waals surface area contributed by atoms with Gasteiger partial charge in [0.15, 0.2) is 17.5 Å². The summed E-state index contributed by atoms with van der Waals surface area (Å²) in [7, 11) is 0. The van der Waals surface area contributed by atoms with Gasteiger partial charge in [-0.3, -0.25) is 14.9 Å². The number of rotatable bonds is 7. The van der Waals surface area contributed by atoms with E-state index in [-0.39, 0.29) is 95.0 Å². The number of Topliss-reactive ketones (excluding diaryl/α,β-unsaturated/α-hetero) is 1. The average Bonchev–Trinajstić information content (AvgIpc) is 1.40. The van der Waals surface area contributed by atoms with Gasteiger partial charge in [0, 0.05) is 64.0 Å². The quantitative estimate of drug-likeness (QED) is 0.0891. The number of ketones is 1. The second-order valence-electron chi connectivity index (χ2n) is 39.2. The average molecular weight is 1370 g/mol. The minimum Gasteiger partial charge on any atom is -0.469 e. The van der Waals surface area contributed by atoms with Gasteiger partial charge in [0.2, 0.25) is 0 Å². The Bertz CT molecular complexity index is 4390.